The number of ether oxygens (including phenoxy) is 1. The minimum atomic E-state index is -1.02. The van der Waals surface area contributed by atoms with E-state index >= 15 is 0 Å². The smallest absolute Gasteiger partial charge is 0.323 e. The Bertz CT molecular complexity index is 470. The second-order valence-electron chi connectivity index (χ2n) is 4.03. The summed E-state index contributed by atoms with van der Waals surface area (Å²) in [6.07, 6.45) is 0. The lowest BCUT2D eigenvalue weighted by Gasteiger charge is -2.14. The summed E-state index contributed by atoms with van der Waals surface area (Å²) in [6, 6.07) is 5.32. The molecule has 0 aliphatic carbocycles. The van der Waals surface area contributed by atoms with E-state index in [0.29, 0.717) is 18.8 Å². The van der Waals surface area contributed by atoms with Crippen LogP contribution in [0.4, 0.5) is 0 Å². The first-order valence-electron chi connectivity index (χ1n) is 5.24. The molecule has 90 valence electrons. The van der Waals surface area contributed by atoms with E-state index in [1.165, 1.54) is 11.9 Å². The maximum absolute atomic E-state index is 11.9. The average Bonchev–Trinajstić information content (AvgIpc) is 2.73. The Morgan fingerprint density at radius 3 is 2.76 bits per heavy atom. The van der Waals surface area contributed by atoms with Gasteiger partial charge in [0.25, 0.3) is 5.91 Å². The molecule has 1 N–H and O–H groups in total. The number of benzene rings is 1. The van der Waals surface area contributed by atoms with Gasteiger partial charge in [-0.1, -0.05) is 6.07 Å². The number of rotatable bonds is 3. The highest BCUT2D eigenvalue weighted by Gasteiger charge is 2.17. The second-order valence-corrected chi connectivity index (χ2v) is 4.03. The molecule has 1 aromatic carbocycles. The molecule has 0 saturated carbocycles. The number of carboxylic acids is 1. The van der Waals surface area contributed by atoms with Crippen LogP contribution in [0.25, 0.3) is 0 Å². The number of carbonyl (C=O) groups excluding carboxylic acids is 1. The Morgan fingerprint density at radius 2 is 2.06 bits per heavy atom. The highest BCUT2D eigenvalue weighted by molar-refractivity contribution is 5.95. The number of hydrogen-bond acceptors (Lipinski definition) is 3. The predicted octanol–water partition coefficient (Wildman–Crippen LogP) is 0.873. The van der Waals surface area contributed by atoms with E-state index in [0.717, 1.165) is 11.1 Å². The van der Waals surface area contributed by atoms with Crippen molar-refractivity contribution in [3.63, 3.8) is 0 Å². The highest BCUT2D eigenvalue weighted by atomic mass is 16.5. The summed E-state index contributed by atoms with van der Waals surface area (Å²) in [4.78, 5) is 23.6. The quantitative estimate of drug-likeness (QED) is 0.844. The van der Waals surface area contributed by atoms with Crippen molar-refractivity contribution in [2.45, 2.75) is 13.2 Å². The topological polar surface area (TPSA) is 66.8 Å². The van der Waals surface area contributed by atoms with Crippen molar-refractivity contribution >= 4 is 11.9 Å². The van der Waals surface area contributed by atoms with Gasteiger partial charge in [-0.15, -0.1) is 0 Å². The molecule has 5 nitrogen and oxygen atoms in total. The van der Waals surface area contributed by atoms with Crippen LogP contribution in [-0.4, -0.2) is 35.5 Å². The Kier molecular flexibility index (Phi) is 3.10. The van der Waals surface area contributed by atoms with Crippen molar-refractivity contribution in [3.8, 4) is 0 Å². The molecule has 17 heavy (non-hydrogen) atoms. The number of likely N-dealkylation sites (N-methyl/N-ethyl adjacent to an activating group) is 1. The molecule has 0 radical (unpaired) electrons. The van der Waals surface area contributed by atoms with Crippen molar-refractivity contribution in [2.24, 2.45) is 0 Å². The lowest BCUT2D eigenvalue weighted by Crippen LogP contribution is -2.31. The molecule has 0 atom stereocenters. The maximum atomic E-state index is 11.9. The molecule has 0 spiro atoms. The molecule has 1 aliphatic heterocycles. The summed E-state index contributed by atoms with van der Waals surface area (Å²) in [6.45, 7) is 0.792. The van der Waals surface area contributed by atoms with Crippen molar-refractivity contribution in [1.82, 2.24) is 4.90 Å². The van der Waals surface area contributed by atoms with E-state index in [1.807, 2.05) is 6.07 Å². The van der Waals surface area contributed by atoms with Gasteiger partial charge in [0.1, 0.15) is 6.54 Å². The van der Waals surface area contributed by atoms with Gasteiger partial charge in [-0.05, 0) is 23.3 Å². The largest absolute Gasteiger partial charge is 0.480 e. The molecule has 1 aromatic rings. The number of fused-ring (bicyclic) bond motifs is 1. The van der Waals surface area contributed by atoms with Gasteiger partial charge in [0.05, 0.1) is 13.2 Å². The van der Waals surface area contributed by atoms with Crippen LogP contribution in [0, 0.1) is 0 Å². The first-order chi connectivity index (χ1) is 8.08. The lowest BCUT2D eigenvalue weighted by molar-refractivity contribution is -0.137. The highest BCUT2D eigenvalue weighted by Crippen LogP contribution is 2.21. The third-order valence-corrected chi connectivity index (χ3v) is 2.69. The minimum Gasteiger partial charge on any atom is -0.480 e. The van der Waals surface area contributed by atoms with Crippen LogP contribution in [0.2, 0.25) is 0 Å². The zero-order valence-corrected chi connectivity index (χ0v) is 9.47. The normalized spacial score (nSPS) is 13.2. The second kappa shape index (κ2) is 4.55. The third-order valence-electron chi connectivity index (χ3n) is 2.69. The van der Waals surface area contributed by atoms with Crippen molar-refractivity contribution in [2.75, 3.05) is 13.6 Å². The van der Waals surface area contributed by atoms with Crippen LogP contribution < -0.4 is 0 Å². The Morgan fingerprint density at radius 1 is 1.35 bits per heavy atom. The summed E-state index contributed by atoms with van der Waals surface area (Å²) in [7, 11) is 1.47. The zero-order chi connectivity index (χ0) is 12.4. The van der Waals surface area contributed by atoms with Crippen LogP contribution in [-0.2, 0) is 22.7 Å². The maximum Gasteiger partial charge on any atom is 0.323 e. The molecule has 1 amide bonds. The number of aliphatic carboxylic acids is 1. The third kappa shape index (κ3) is 2.45. The van der Waals surface area contributed by atoms with Crippen molar-refractivity contribution < 1.29 is 19.4 Å². The van der Waals surface area contributed by atoms with E-state index in [-0.39, 0.29) is 12.5 Å². The summed E-state index contributed by atoms with van der Waals surface area (Å²) in [5, 5.41) is 8.62. The predicted molar refractivity (Wildman–Crippen MR) is 59.5 cm³/mol. The van der Waals surface area contributed by atoms with Crippen LogP contribution in [0.5, 0.6) is 0 Å². The van der Waals surface area contributed by atoms with E-state index in [9.17, 15) is 9.59 Å². The van der Waals surface area contributed by atoms with E-state index in [4.69, 9.17) is 9.84 Å². The first-order valence-corrected chi connectivity index (χ1v) is 5.24. The molecule has 2 rings (SSSR count). The number of nitrogens with zero attached hydrogens (tertiary/aromatic N) is 1. The lowest BCUT2D eigenvalue weighted by atomic mass is 10.1. The van der Waals surface area contributed by atoms with Crippen molar-refractivity contribution in [3.05, 3.63) is 34.9 Å². The average molecular weight is 235 g/mol. The van der Waals surface area contributed by atoms with Gasteiger partial charge < -0.3 is 14.7 Å². The first kappa shape index (κ1) is 11.6. The summed E-state index contributed by atoms with van der Waals surface area (Å²) < 4.78 is 5.26. The molecule has 1 heterocycles. The van der Waals surface area contributed by atoms with Crippen LogP contribution >= 0.6 is 0 Å². The Balaban J connectivity index is 2.17. The van der Waals surface area contributed by atoms with Crippen molar-refractivity contribution in [1.29, 1.82) is 0 Å². The fraction of sp³-hybridized carbons (Fsp3) is 0.333. The molecule has 0 aromatic heterocycles. The summed E-state index contributed by atoms with van der Waals surface area (Å²) >= 11 is 0. The van der Waals surface area contributed by atoms with E-state index in [2.05, 4.69) is 0 Å². The zero-order valence-electron chi connectivity index (χ0n) is 9.47. The Labute approximate surface area is 98.6 Å². The number of carboxylic acid groups (broad SMARTS) is 1. The monoisotopic (exact) mass is 235 g/mol. The molecule has 1 aliphatic rings. The number of carbonyl (C=O) groups is 2. The van der Waals surface area contributed by atoms with Crippen LogP contribution in [0.15, 0.2) is 18.2 Å². The van der Waals surface area contributed by atoms with Gasteiger partial charge in [0, 0.05) is 12.6 Å². The minimum absolute atomic E-state index is 0.290. The molecule has 5 heteroatoms. The van der Waals surface area contributed by atoms with Crippen LogP contribution in [0.1, 0.15) is 21.5 Å². The van der Waals surface area contributed by atoms with Gasteiger partial charge in [-0.3, -0.25) is 9.59 Å². The summed E-state index contributed by atoms with van der Waals surface area (Å²) in [5.41, 5.74) is 2.58. The van der Waals surface area contributed by atoms with E-state index in [1.54, 1.807) is 12.1 Å². The molecular weight excluding hydrogens is 222 g/mol. The van der Waals surface area contributed by atoms with Gasteiger partial charge in [0.15, 0.2) is 0 Å². The molecule has 0 fully saturated rings. The standard InChI is InChI=1S/C12H13NO4/c1-13(5-11(14)15)12(16)8-2-3-9-6-17-7-10(9)4-8/h2-4H,5-7H2,1H3,(H,14,15). The van der Waals surface area contributed by atoms with Gasteiger partial charge in [-0.2, -0.15) is 0 Å². The SMILES string of the molecule is CN(CC(=O)O)C(=O)c1ccc2c(c1)COC2. The van der Waals surface area contributed by atoms with Gasteiger partial charge in [-0.25, -0.2) is 0 Å². The number of hydrogen-bond donors (Lipinski definition) is 1. The van der Waals surface area contributed by atoms with E-state index < -0.39 is 5.97 Å². The molecule has 0 unspecified atom stereocenters. The van der Waals surface area contributed by atoms with Gasteiger partial charge >= 0.3 is 5.97 Å². The van der Waals surface area contributed by atoms with Crippen LogP contribution in [0.3, 0.4) is 0 Å². The fourth-order valence-corrected chi connectivity index (χ4v) is 1.80. The van der Waals surface area contributed by atoms with Gasteiger partial charge in [0.2, 0.25) is 0 Å². The molecule has 0 saturated heterocycles. The molecular formula is C12H13NO4. The summed E-state index contributed by atoms with van der Waals surface area (Å²) in [5.74, 6) is -1.31. The number of amides is 1. The molecule has 0 bridgehead atoms. The fourth-order valence-electron chi connectivity index (χ4n) is 1.80. The Hall–Kier alpha value is -1.88.